The number of aryl methyl sites for hydroxylation is 2. The Morgan fingerprint density at radius 2 is 2.04 bits per heavy atom. The van der Waals surface area contributed by atoms with Crippen LogP contribution in [0.15, 0.2) is 33.5 Å². The summed E-state index contributed by atoms with van der Waals surface area (Å²) in [5.41, 5.74) is 2.00. The quantitative estimate of drug-likeness (QED) is 0.714. The van der Waals surface area contributed by atoms with E-state index in [-0.39, 0.29) is 11.8 Å². The number of nitrogens with zero attached hydrogens (tertiary/aromatic N) is 5. The maximum atomic E-state index is 12.7. The zero-order valence-electron chi connectivity index (χ0n) is 14.7. The number of rotatable bonds is 3. The predicted octanol–water partition coefficient (Wildman–Crippen LogP) is 2.76. The second-order valence-corrected chi connectivity index (χ2v) is 6.47. The van der Waals surface area contributed by atoms with Gasteiger partial charge in [0.2, 0.25) is 11.8 Å². The molecule has 8 nitrogen and oxygen atoms in total. The number of amides is 1. The van der Waals surface area contributed by atoms with Crippen LogP contribution in [0, 0.1) is 13.8 Å². The normalized spacial score (nSPS) is 15.4. The Morgan fingerprint density at radius 1 is 1.23 bits per heavy atom. The number of hydrogen-bond acceptors (Lipinski definition) is 7. The first-order valence-electron chi connectivity index (χ1n) is 8.58. The van der Waals surface area contributed by atoms with Gasteiger partial charge in [0.1, 0.15) is 6.26 Å². The van der Waals surface area contributed by atoms with Crippen molar-refractivity contribution in [2.24, 2.45) is 0 Å². The van der Waals surface area contributed by atoms with E-state index in [1.54, 1.807) is 18.0 Å². The van der Waals surface area contributed by atoms with Crippen molar-refractivity contribution in [2.75, 3.05) is 13.1 Å². The van der Waals surface area contributed by atoms with Gasteiger partial charge >= 0.3 is 0 Å². The third-order valence-electron chi connectivity index (χ3n) is 4.54. The first kappa shape index (κ1) is 16.4. The van der Waals surface area contributed by atoms with Crippen molar-refractivity contribution in [2.45, 2.75) is 32.6 Å². The highest BCUT2D eigenvalue weighted by atomic mass is 16.5. The third kappa shape index (κ3) is 3.22. The standard InChI is InChI=1S/C18H19N5O3/c1-11-9-14(3-6-19-11)16-21-15(10-25-16)18(24)23-7-4-13(5-8-23)17-20-12(2)22-26-17/h3,6,9-10,13H,4-5,7-8H2,1-2H3. The number of oxazole rings is 1. The molecule has 0 aliphatic carbocycles. The van der Waals surface area contributed by atoms with E-state index in [2.05, 4.69) is 20.1 Å². The monoisotopic (exact) mass is 353 g/mol. The van der Waals surface area contributed by atoms with Crippen molar-refractivity contribution in [3.8, 4) is 11.5 Å². The first-order valence-corrected chi connectivity index (χ1v) is 8.58. The van der Waals surface area contributed by atoms with Gasteiger partial charge in [-0.2, -0.15) is 4.98 Å². The van der Waals surface area contributed by atoms with Crippen LogP contribution in [-0.4, -0.2) is 44.0 Å². The van der Waals surface area contributed by atoms with Crippen LogP contribution in [0.4, 0.5) is 0 Å². The highest BCUT2D eigenvalue weighted by Gasteiger charge is 2.29. The fourth-order valence-corrected chi connectivity index (χ4v) is 3.15. The molecule has 8 heteroatoms. The molecule has 4 heterocycles. The highest BCUT2D eigenvalue weighted by Crippen LogP contribution is 2.28. The van der Waals surface area contributed by atoms with E-state index in [1.165, 1.54) is 6.26 Å². The molecule has 1 aliphatic rings. The molecule has 0 aromatic carbocycles. The molecule has 1 fully saturated rings. The van der Waals surface area contributed by atoms with Crippen LogP contribution in [0.2, 0.25) is 0 Å². The molecule has 1 aliphatic heterocycles. The maximum absolute atomic E-state index is 12.7. The van der Waals surface area contributed by atoms with E-state index < -0.39 is 0 Å². The summed E-state index contributed by atoms with van der Waals surface area (Å²) in [5, 5.41) is 3.84. The van der Waals surface area contributed by atoms with E-state index >= 15 is 0 Å². The zero-order valence-corrected chi connectivity index (χ0v) is 14.7. The molecule has 1 saturated heterocycles. The number of hydrogen-bond donors (Lipinski definition) is 0. The van der Waals surface area contributed by atoms with Crippen LogP contribution >= 0.6 is 0 Å². The summed E-state index contributed by atoms with van der Waals surface area (Å²) in [6, 6.07) is 3.68. The molecule has 1 amide bonds. The number of carbonyl (C=O) groups excluding carboxylic acids is 1. The molecule has 134 valence electrons. The molecule has 0 N–H and O–H groups in total. The molecule has 3 aromatic rings. The van der Waals surface area contributed by atoms with E-state index in [0.717, 1.165) is 24.1 Å². The van der Waals surface area contributed by atoms with Gasteiger partial charge in [-0.05, 0) is 38.8 Å². The molecule has 0 radical (unpaired) electrons. The van der Waals surface area contributed by atoms with Crippen LogP contribution in [0.3, 0.4) is 0 Å². The Labute approximate surface area is 150 Å². The summed E-state index contributed by atoms with van der Waals surface area (Å²) in [5.74, 6) is 1.81. The second-order valence-electron chi connectivity index (χ2n) is 6.47. The lowest BCUT2D eigenvalue weighted by atomic mass is 9.96. The van der Waals surface area contributed by atoms with E-state index in [4.69, 9.17) is 8.94 Å². The molecule has 0 saturated carbocycles. The van der Waals surface area contributed by atoms with Crippen LogP contribution < -0.4 is 0 Å². The molecular formula is C18H19N5O3. The van der Waals surface area contributed by atoms with E-state index in [9.17, 15) is 4.79 Å². The molecule has 0 unspecified atom stereocenters. The largest absolute Gasteiger partial charge is 0.444 e. The summed E-state index contributed by atoms with van der Waals surface area (Å²) >= 11 is 0. The Morgan fingerprint density at radius 3 is 2.73 bits per heavy atom. The molecule has 26 heavy (non-hydrogen) atoms. The van der Waals surface area contributed by atoms with Gasteiger partial charge in [-0.15, -0.1) is 0 Å². The van der Waals surface area contributed by atoms with Crippen molar-refractivity contribution in [3.63, 3.8) is 0 Å². The Hall–Kier alpha value is -3.03. The minimum atomic E-state index is -0.120. The van der Waals surface area contributed by atoms with Crippen LogP contribution in [0.25, 0.3) is 11.5 Å². The summed E-state index contributed by atoms with van der Waals surface area (Å²) in [6.45, 7) is 4.95. The lowest BCUT2D eigenvalue weighted by Crippen LogP contribution is -2.38. The lowest BCUT2D eigenvalue weighted by molar-refractivity contribution is 0.0698. The number of pyridine rings is 1. The summed E-state index contributed by atoms with van der Waals surface area (Å²) in [4.78, 5) is 27.3. The van der Waals surface area contributed by atoms with Gasteiger partial charge in [0.05, 0.1) is 0 Å². The molecule has 0 spiro atoms. The van der Waals surface area contributed by atoms with Crippen LogP contribution in [-0.2, 0) is 0 Å². The molecular weight excluding hydrogens is 334 g/mol. The fraction of sp³-hybridized carbons (Fsp3) is 0.389. The average molecular weight is 353 g/mol. The van der Waals surface area contributed by atoms with Crippen molar-refractivity contribution in [1.29, 1.82) is 0 Å². The van der Waals surface area contributed by atoms with Crippen molar-refractivity contribution < 1.29 is 13.7 Å². The summed E-state index contributed by atoms with van der Waals surface area (Å²) in [6.07, 6.45) is 4.70. The third-order valence-corrected chi connectivity index (χ3v) is 4.54. The SMILES string of the molecule is Cc1cc(-c2nc(C(=O)N3CCC(c4nc(C)no4)CC3)co2)ccn1. The topological polar surface area (TPSA) is 98.2 Å². The van der Waals surface area contributed by atoms with Crippen LogP contribution in [0.5, 0.6) is 0 Å². The van der Waals surface area contributed by atoms with Gasteiger partial charge in [0, 0.05) is 36.5 Å². The van der Waals surface area contributed by atoms with Gasteiger partial charge in [0.15, 0.2) is 11.5 Å². The summed E-state index contributed by atoms with van der Waals surface area (Å²) < 4.78 is 10.7. The van der Waals surface area contributed by atoms with Crippen molar-refractivity contribution in [1.82, 2.24) is 25.0 Å². The van der Waals surface area contributed by atoms with Crippen LogP contribution in [0.1, 0.15) is 46.7 Å². The number of aromatic nitrogens is 4. The maximum Gasteiger partial charge on any atom is 0.275 e. The van der Waals surface area contributed by atoms with Gasteiger partial charge in [0.25, 0.3) is 5.91 Å². The van der Waals surface area contributed by atoms with Gasteiger partial charge in [-0.25, -0.2) is 4.98 Å². The molecule has 4 rings (SSSR count). The highest BCUT2D eigenvalue weighted by molar-refractivity contribution is 5.92. The number of carbonyl (C=O) groups is 1. The minimum absolute atomic E-state index is 0.120. The Kier molecular flexibility index (Phi) is 4.24. The fourth-order valence-electron chi connectivity index (χ4n) is 3.15. The number of likely N-dealkylation sites (tertiary alicyclic amines) is 1. The van der Waals surface area contributed by atoms with Gasteiger partial charge in [-0.3, -0.25) is 9.78 Å². The summed E-state index contributed by atoms with van der Waals surface area (Å²) in [7, 11) is 0. The molecule has 0 bridgehead atoms. The minimum Gasteiger partial charge on any atom is -0.444 e. The predicted molar refractivity (Wildman–Crippen MR) is 91.4 cm³/mol. The second kappa shape index (κ2) is 6.70. The van der Waals surface area contributed by atoms with Gasteiger partial charge in [-0.1, -0.05) is 5.16 Å². The number of piperidine rings is 1. The average Bonchev–Trinajstić information content (AvgIpc) is 3.31. The van der Waals surface area contributed by atoms with E-state index in [0.29, 0.717) is 36.4 Å². The first-order chi connectivity index (χ1) is 12.6. The Balaban J connectivity index is 1.43. The molecule has 0 atom stereocenters. The zero-order chi connectivity index (χ0) is 18.1. The smallest absolute Gasteiger partial charge is 0.275 e. The Bertz CT molecular complexity index is 924. The lowest BCUT2D eigenvalue weighted by Gasteiger charge is -2.29. The molecule has 3 aromatic heterocycles. The van der Waals surface area contributed by atoms with E-state index in [1.807, 2.05) is 19.1 Å². The van der Waals surface area contributed by atoms with Crippen molar-refractivity contribution >= 4 is 5.91 Å². The van der Waals surface area contributed by atoms with Gasteiger partial charge < -0.3 is 13.8 Å². The van der Waals surface area contributed by atoms with Crippen molar-refractivity contribution in [3.05, 3.63) is 47.7 Å².